The number of carbonyl (C=O) groups excluding carboxylic acids is 1. The number of likely N-dealkylation sites (tertiary alicyclic amines) is 1. The number of ether oxygens (including phenoxy) is 1. The standard InChI is InChI=1S/C19H29N3O3S.HI/c1-3-20-19(21-12-14-26(24)17-10-6-5-7-11-17)22-13-8-9-16(15-22)18(23)25-4-2;/h5-7,10-11,16H,3-4,8-9,12-15H2,1-2H3,(H,20,21);1H/t16-,26?;/m0./s1. The number of nitrogens with zero attached hydrogens (tertiary/aromatic N) is 2. The minimum atomic E-state index is -1.05. The van der Waals surface area contributed by atoms with E-state index in [2.05, 4.69) is 15.2 Å². The molecule has 0 saturated carbocycles. The van der Waals surface area contributed by atoms with Crippen LogP contribution in [0.4, 0.5) is 0 Å². The van der Waals surface area contributed by atoms with Crippen molar-refractivity contribution in [2.24, 2.45) is 10.9 Å². The number of halogens is 1. The molecule has 2 atom stereocenters. The van der Waals surface area contributed by atoms with E-state index in [1.165, 1.54) is 0 Å². The maximum Gasteiger partial charge on any atom is 0.310 e. The summed E-state index contributed by atoms with van der Waals surface area (Å²) in [6.07, 6.45) is 1.79. The number of carbonyl (C=O) groups is 1. The fraction of sp³-hybridized carbons (Fsp3) is 0.579. The van der Waals surface area contributed by atoms with E-state index in [4.69, 9.17) is 4.74 Å². The molecular formula is C19H30IN3O3S. The molecule has 1 aliphatic rings. The molecule has 0 spiro atoms. The third kappa shape index (κ3) is 7.77. The summed E-state index contributed by atoms with van der Waals surface area (Å²) in [5.41, 5.74) is 0. The van der Waals surface area contributed by atoms with E-state index < -0.39 is 10.8 Å². The Morgan fingerprint density at radius 1 is 1.33 bits per heavy atom. The Labute approximate surface area is 181 Å². The molecule has 27 heavy (non-hydrogen) atoms. The summed E-state index contributed by atoms with van der Waals surface area (Å²) < 4.78 is 17.5. The maximum atomic E-state index is 12.3. The zero-order valence-electron chi connectivity index (χ0n) is 16.1. The van der Waals surface area contributed by atoms with Crippen LogP contribution >= 0.6 is 24.0 Å². The molecule has 1 aromatic rings. The van der Waals surface area contributed by atoms with Crippen LogP contribution in [0, 0.1) is 5.92 Å². The van der Waals surface area contributed by atoms with E-state index in [0.29, 0.717) is 25.4 Å². The van der Waals surface area contributed by atoms with Gasteiger partial charge in [0.2, 0.25) is 0 Å². The lowest BCUT2D eigenvalue weighted by molar-refractivity contribution is -0.149. The molecule has 6 nitrogen and oxygen atoms in total. The number of hydrogen-bond donors (Lipinski definition) is 1. The van der Waals surface area contributed by atoms with E-state index in [0.717, 1.165) is 36.8 Å². The van der Waals surface area contributed by atoms with Crippen LogP contribution in [-0.4, -0.2) is 59.6 Å². The summed E-state index contributed by atoms with van der Waals surface area (Å²) in [7, 11) is -1.05. The molecule has 0 bridgehead atoms. The molecule has 1 aliphatic heterocycles. The maximum absolute atomic E-state index is 12.3. The van der Waals surface area contributed by atoms with Crippen LogP contribution in [0.1, 0.15) is 26.7 Å². The smallest absolute Gasteiger partial charge is 0.310 e. The lowest BCUT2D eigenvalue weighted by Gasteiger charge is -2.34. The lowest BCUT2D eigenvalue weighted by Crippen LogP contribution is -2.48. The monoisotopic (exact) mass is 507 g/mol. The second-order valence-electron chi connectivity index (χ2n) is 6.14. The summed E-state index contributed by atoms with van der Waals surface area (Å²) >= 11 is 0. The van der Waals surface area contributed by atoms with Crippen molar-refractivity contribution in [1.82, 2.24) is 10.2 Å². The minimum absolute atomic E-state index is 0. The highest BCUT2D eigenvalue weighted by Gasteiger charge is 2.28. The third-order valence-corrected chi connectivity index (χ3v) is 5.57. The fourth-order valence-electron chi connectivity index (χ4n) is 2.97. The van der Waals surface area contributed by atoms with Gasteiger partial charge >= 0.3 is 5.97 Å². The third-order valence-electron chi connectivity index (χ3n) is 4.22. The Bertz CT molecular complexity index is 628. The lowest BCUT2D eigenvalue weighted by atomic mass is 9.98. The molecular weight excluding hydrogens is 477 g/mol. The highest BCUT2D eigenvalue weighted by atomic mass is 127. The number of nitrogens with one attached hydrogen (secondary N) is 1. The zero-order valence-corrected chi connectivity index (χ0v) is 19.2. The first-order chi connectivity index (χ1) is 12.7. The van der Waals surface area contributed by atoms with Gasteiger partial charge in [-0.1, -0.05) is 18.2 Å². The van der Waals surface area contributed by atoms with Crippen molar-refractivity contribution < 1.29 is 13.7 Å². The number of esters is 1. The molecule has 1 fully saturated rings. The average molecular weight is 507 g/mol. The summed E-state index contributed by atoms with van der Waals surface area (Å²) in [5.74, 6) is 1.03. The zero-order chi connectivity index (χ0) is 18.8. The largest absolute Gasteiger partial charge is 0.466 e. The molecule has 2 rings (SSSR count). The predicted octanol–water partition coefficient (Wildman–Crippen LogP) is 2.65. The number of guanidine groups is 1. The predicted molar refractivity (Wildman–Crippen MR) is 120 cm³/mol. The van der Waals surface area contributed by atoms with Gasteiger partial charge in [0.1, 0.15) is 0 Å². The Kier molecular flexibility index (Phi) is 11.6. The van der Waals surface area contributed by atoms with Crippen molar-refractivity contribution in [2.45, 2.75) is 31.6 Å². The van der Waals surface area contributed by atoms with Crippen LogP contribution in [0.5, 0.6) is 0 Å². The van der Waals surface area contributed by atoms with Crippen LogP contribution in [0.3, 0.4) is 0 Å². The highest BCUT2D eigenvalue weighted by molar-refractivity contribution is 14.0. The van der Waals surface area contributed by atoms with Crippen molar-refractivity contribution in [3.63, 3.8) is 0 Å². The van der Waals surface area contributed by atoms with Crippen molar-refractivity contribution in [2.75, 3.05) is 38.5 Å². The van der Waals surface area contributed by atoms with E-state index >= 15 is 0 Å². The second-order valence-corrected chi connectivity index (χ2v) is 7.71. The van der Waals surface area contributed by atoms with Crippen LogP contribution in [0.15, 0.2) is 40.2 Å². The second kappa shape index (κ2) is 13.1. The van der Waals surface area contributed by atoms with Gasteiger partial charge in [0.25, 0.3) is 0 Å². The van der Waals surface area contributed by atoms with Gasteiger partial charge in [-0.2, -0.15) is 0 Å². The van der Waals surface area contributed by atoms with Crippen molar-refractivity contribution in [3.05, 3.63) is 30.3 Å². The van der Waals surface area contributed by atoms with Gasteiger partial charge in [-0.15, -0.1) is 24.0 Å². The summed E-state index contributed by atoms with van der Waals surface area (Å²) in [4.78, 5) is 19.6. The van der Waals surface area contributed by atoms with Crippen molar-refractivity contribution >= 4 is 46.7 Å². The van der Waals surface area contributed by atoms with Crippen LogP contribution < -0.4 is 5.32 Å². The fourth-order valence-corrected chi connectivity index (χ4v) is 3.93. The first kappa shape index (κ1) is 23.9. The molecule has 152 valence electrons. The van der Waals surface area contributed by atoms with Gasteiger partial charge in [0.15, 0.2) is 5.96 Å². The molecule has 1 aromatic carbocycles. The normalized spacial score (nSPS) is 18.4. The summed E-state index contributed by atoms with van der Waals surface area (Å²) in [6, 6.07) is 9.45. The Morgan fingerprint density at radius 3 is 2.74 bits per heavy atom. The van der Waals surface area contributed by atoms with Gasteiger partial charge in [-0.25, -0.2) is 0 Å². The summed E-state index contributed by atoms with van der Waals surface area (Å²) in [5, 5.41) is 3.28. The van der Waals surface area contributed by atoms with Gasteiger partial charge < -0.3 is 15.0 Å². The number of hydrogen-bond acceptors (Lipinski definition) is 4. The molecule has 0 aromatic heterocycles. The van der Waals surface area contributed by atoms with E-state index in [1.54, 1.807) is 0 Å². The Balaban J connectivity index is 0.00000364. The molecule has 8 heteroatoms. The molecule has 0 aliphatic carbocycles. The first-order valence-corrected chi connectivity index (χ1v) is 10.6. The van der Waals surface area contributed by atoms with E-state index in [1.807, 2.05) is 44.2 Å². The quantitative estimate of drug-likeness (QED) is 0.266. The first-order valence-electron chi connectivity index (χ1n) is 9.29. The van der Waals surface area contributed by atoms with Gasteiger partial charge in [-0.05, 0) is 38.8 Å². The number of aliphatic imine (C=N–C) groups is 1. The number of rotatable bonds is 7. The average Bonchev–Trinajstić information content (AvgIpc) is 2.68. The summed E-state index contributed by atoms with van der Waals surface area (Å²) in [6.45, 7) is 6.97. The van der Waals surface area contributed by atoms with E-state index in [-0.39, 0.29) is 35.9 Å². The van der Waals surface area contributed by atoms with Crippen LogP contribution in [0.25, 0.3) is 0 Å². The van der Waals surface area contributed by atoms with Gasteiger partial charge in [0, 0.05) is 30.3 Å². The molecule has 0 radical (unpaired) electrons. The topological polar surface area (TPSA) is 71.0 Å². The van der Waals surface area contributed by atoms with Crippen LogP contribution in [0.2, 0.25) is 0 Å². The number of benzene rings is 1. The Morgan fingerprint density at radius 2 is 2.07 bits per heavy atom. The van der Waals surface area contributed by atoms with Crippen molar-refractivity contribution in [3.8, 4) is 0 Å². The van der Waals surface area contributed by atoms with E-state index in [9.17, 15) is 9.00 Å². The number of piperidine rings is 1. The SMILES string of the molecule is CCNC(=NCCS(=O)c1ccccc1)N1CCC[C@H](C(=O)OCC)C1.I. The molecule has 1 heterocycles. The molecule has 0 amide bonds. The van der Waals surface area contributed by atoms with Crippen molar-refractivity contribution in [1.29, 1.82) is 0 Å². The molecule has 1 saturated heterocycles. The molecule has 1 unspecified atom stereocenters. The molecule has 1 N–H and O–H groups in total. The Hall–Kier alpha value is -1.16. The minimum Gasteiger partial charge on any atom is -0.466 e. The van der Waals surface area contributed by atoms with Gasteiger partial charge in [0.05, 0.1) is 29.9 Å². The van der Waals surface area contributed by atoms with Crippen LogP contribution in [-0.2, 0) is 20.3 Å². The highest BCUT2D eigenvalue weighted by Crippen LogP contribution is 2.18. The van der Waals surface area contributed by atoms with Gasteiger partial charge in [-0.3, -0.25) is 14.0 Å².